The van der Waals surface area contributed by atoms with Crippen molar-refractivity contribution in [2.24, 2.45) is 0 Å². The molecule has 0 saturated heterocycles. The van der Waals surface area contributed by atoms with E-state index in [1.165, 1.54) is 0 Å². The van der Waals surface area contributed by atoms with Gasteiger partial charge in [0.25, 0.3) is 11.5 Å². The minimum absolute atomic E-state index is 0.173. The molecule has 2 atom stereocenters. The molecule has 0 spiro atoms. The van der Waals surface area contributed by atoms with E-state index >= 15 is 0 Å². The molecule has 1 aromatic heterocycles. The van der Waals surface area contributed by atoms with Crippen LogP contribution >= 0.6 is 11.8 Å². The first kappa shape index (κ1) is 18.0. The molecule has 0 aromatic carbocycles. The van der Waals surface area contributed by atoms with Crippen LogP contribution in [0.2, 0.25) is 0 Å². The number of thioether (sulfide) groups is 1. The van der Waals surface area contributed by atoms with Crippen LogP contribution in [0, 0.1) is 6.92 Å². The van der Waals surface area contributed by atoms with Crippen molar-refractivity contribution >= 4 is 17.7 Å². The minimum atomic E-state index is -0.335. The monoisotopic (exact) mass is 337 g/mol. The van der Waals surface area contributed by atoms with E-state index in [1.807, 2.05) is 20.8 Å². The predicted molar refractivity (Wildman–Crippen MR) is 95.3 cm³/mol. The largest absolute Gasteiger partial charge is 0.337 e. The molecular weight excluding hydrogens is 310 g/mol. The van der Waals surface area contributed by atoms with Crippen molar-refractivity contribution < 1.29 is 4.79 Å². The molecule has 0 radical (unpaired) electrons. The van der Waals surface area contributed by atoms with E-state index in [0.29, 0.717) is 16.8 Å². The van der Waals surface area contributed by atoms with Gasteiger partial charge in [0.05, 0.1) is 5.69 Å². The summed E-state index contributed by atoms with van der Waals surface area (Å²) in [5.41, 5.74) is 0.0896. The van der Waals surface area contributed by atoms with Gasteiger partial charge < -0.3 is 9.88 Å². The Morgan fingerprint density at radius 3 is 2.52 bits per heavy atom. The SMILES string of the molecule is CSC1CCCC1N(C)C(=O)c1c(C)nc(C(C)(C)C)[nH]c1=O. The second kappa shape index (κ2) is 6.67. The van der Waals surface area contributed by atoms with E-state index in [9.17, 15) is 9.59 Å². The first-order chi connectivity index (χ1) is 10.7. The number of hydrogen-bond donors (Lipinski definition) is 1. The summed E-state index contributed by atoms with van der Waals surface area (Å²) < 4.78 is 0. The molecule has 1 N–H and O–H groups in total. The highest BCUT2D eigenvalue weighted by molar-refractivity contribution is 7.99. The fourth-order valence-electron chi connectivity index (χ4n) is 3.14. The first-order valence-electron chi connectivity index (χ1n) is 8.08. The Bertz CT molecular complexity index is 648. The Morgan fingerprint density at radius 1 is 1.35 bits per heavy atom. The summed E-state index contributed by atoms with van der Waals surface area (Å²) in [6, 6.07) is 0.193. The highest BCUT2D eigenvalue weighted by Crippen LogP contribution is 2.32. The number of amides is 1. The van der Waals surface area contributed by atoms with Gasteiger partial charge in [-0.25, -0.2) is 4.98 Å². The van der Waals surface area contributed by atoms with Gasteiger partial charge in [-0.05, 0) is 26.0 Å². The van der Waals surface area contributed by atoms with Gasteiger partial charge in [-0.2, -0.15) is 11.8 Å². The van der Waals surface area contributed by atoms with Crippen LogP contribution in [-0.2, 0) is 5.41 Å². The molecule has 6 heteroatoms. The van der Waals surface area contributed by atoms with Crippen molar-refractivity contribution in [3.05, 3.63) is 27.4 Å². The molecule has 2 unspecified atom stereocenters. The third kappa shape index (κ3) is 3.62. The van der Waals surface area contributed by atoms with Gasteiger partial charge in [0.2, 0.25) is 0 Å². The van der Waals surface area contributed by atoms with Crippen LogP contribution in [0.1, 0.15) is 61.9 Å². The van der Waals surface area contributed by atoms with Crippen molar-refractivity contribution in [1.29, 1.82) is 0 Å². The maximum absolute atomic E-state index is 12.9. The molecule has 1 heterocycles. The predicted octanol–water partition coefficient (Wildman–Crippen LogP) is 2.73. The second-order valence-electron chi connectivity index (χ2n) is 7.31. The summed E-state index contributed by atoms with van der Waals surface area (Å²) in [7, 11) is 1.80. The molecule has 2 rings (SSSR count). The van der Waals surface area contributed by atoms with Crippen molar-refractivity contribution in [2.45, 2.75) is 63.7 Å². The zero-order valence-electron chi connectivity index (χ0n) is 14.9. The fraction of sp³-hybridized carbons (Fsp3) is 0.706. The normalized spacial score (nSPS) is 21.5. The molecule has 0 bridgehead atoms. The summed E-state index contributed by atoms with van der Waals surface area (Å²) in [4.78, 5) is 34.3. The third-order valence-corrected chi connectivity index (χ3v) is 5.72. The number of nitrogens with zero attached hydrogens (tertiary/aromatic N) is 2. The molecule has 1 amide bonds. The summed E-state index contributed by atoms with van der Waals surface area (Å²) >= 11 is 1.80. The van der Waals surface area contributed by atoms with Gasteiger partial charge in [-0.15, -0.1) is 0 Å². The molecule has 128 valence electrons. The minimum Gasteiger partial charge on any atom is -0.337 e. The number of aromatic amines is 1. The highest BCUT2D eigenvalue weighted by atomic mass is 32.2. The van der Waals surface area contributed by atoms with E-state index in [0.717, 1.165) is 19.3 Å². The van der Waals surface area contributed by atoms with Crippen LogP contribution in [0.5, 0.6) is 0 Å². The van der Waals surface area contributed by atoms with E-state index in [1.54, 1.807) is 30.6 Å². The van der Waals surface area contributed by atoms with Crippen molar-refractivity contribution in [1.82, 2.24) is 14.9 Å². The molecule has 1 aliphatic carbocycles. The Hall–Kier alpha value is -1.30. The lowest BCUT2D eigenvalue weighted by Crippen LogP contribution is -2.43. The number of aromatic nitrogens is 2. The topological polar surface area (TPSA) is 66.1 Å². The summed E-state index contributed by atoms with van der Waals surface area (Å²) in [6.07, 6.45) is 5.33. The maximum atomic E-state index is 12.9. The van der Waals surface area contributed by atoms with Crippen LogP contribution < -0.4 is 5.56 Å². The molecule has 23 heavy (non-hydrogen) atoms. The Kier molecular flexibility index (Phi) is 5.23. The van der Waals surface area contributed by atoms with Gasteiger partial charge in [0, 0.05) is 23.8 Å². The summed E-state index contributed by atoms with van der Waals surface area (Å²) in [6.45, 7) is 7.70. The zero-order chi connectivity index (χ0) is 17.4. The van der Waals surface area contributed by atoms with Crippen LogP contribution in [0.3, 0.4) is 0 Å². The van der Waals surface area contributed by atoms with Gasteiger partial charge in [0.15, 0.2) is 0 Å². The average molecular weight is 337 g/mol. The quantitative estimate of drug-likeness (QED) is 0.921. The van der Waals surface area contributed by atoms with E-state index in [4.69, 9.17) is 0 Å². The smallest absolute Gasteiger partial charge is 0.264 e. The highest BCUT2D eigenvalue weighted by Gasteiger charge is 2.34. The average Bonchev–Trinajstić information content (AvgIpc) is 2.92. The molecule has 0 aliphatic heterocycles. The molecule has 1 aliphatic rings. The first-order valence-corrected chi connectivity index (χ1v) is 9.37. The maximum Gasteiger partial charge on any atom is 0.264 e. The molecule has 1 fully saturated rings. The van der Waals surface area contributed by atoms with Crippen LogP contribution in [0.15, 0.2) is 4.79 Å². The molecular formula is C17H27N3O2S. The lowest BCUT2D eigenvalue weighted by Gasteiger charge is -2.29. The number of carbonyl (C=O) groups excluding carboxylic acids is 1. The number of carbonyl (C=O) groups is 1. The van der Waals surface area contributed by atoms with Gasteiger partial charge >= 0.3 is 0 Å². The molecule has 1 aromatic rings. The van der Waals surface area contributed by atoms with Crippen molar-refractivity contribution in [2.75, 3.05) is 13.3 Å². The van der Waals surface area contributed by atoms with Gasteiger partial charge in [-0.3, -0.25) is 9.59 Å². The van der Waals surface area contributed by atoms with Crippen LogP contribution in [0.25, 0.3) is 0 Å². The van der Waals surface area contributed by atoms with E-state index in [2.05, 4.69) is 16.2 Å². The van der Waals surface area contributed by atoms with Gasteiger partial charge in [0.1, 0.15) is 11.4 Å². The fourth-order valence-corrected chi connectivity index (χ4v) is 4.18. The third-order valence-electron chi connectivity index (χ3n) is 4.56. The lowest BCUT2D eigenvalue weighted by atomic mass is 9.95. The van der Waals surface area contributed by atoms with Crippen LogP contribution in [0.4, 0.5) is 0 Å². The van der Waals surface area contributed by atoms with Gasteiger partial charge in [-0.1, -0.05) is 27.2 Å². The van der Waals surface area contributed by atoms with Crippen molar-refractivity contribution in [3.63, 3.8) is 0 Å². The zero-order valence-corrected chi connectivity index (χ0v) is 15.7. The number of H-pyrrole nitrogens is 1. The number of rotatable bonds is 3. The summed E-state index contributed by atoms with van der Waals surface area (Å²) in [5, 5.41) is 0.449. The number of nitrogens with one attached hydrogen (secondary N) is 1. The van der Waals surface area contributed by atoms with Crippen LogP contribution in [-0.4, -0.2) is 45.4 Å². The standard InChI is InChI=1S/C17H27N3O2S/c1-10-13(14(21)19-16(18-10)17(2,3)4)15(22)20(5)11-8-7-9-12(11)23-6/h11-12H,7-9H2,1-6H3,(H,18,19,21). The second-order valence-corrected chi connectivity index (χ2v) is 8.39. The van der Waals surface area contributed by atoms with E-state index in [-0.39, 0.29) is 28.5 Å². The van der Waals surface area contributed by atoms with E-state index < -0.39 is 0 Å². The Labute approximate surface area is 142 Å². The molecule has 5 nitrogen and oxygen atoms in total. The number of aryl methyl sites for hydroxylation is 1. The summed E-state index contributed by atoms with van der Waals surface area (Å²) in [5.74, 6) is 0.393. The Morgan fingerprint density at radius 2 is 2.00 bits per heavy atom. The number of hydrogen-bond acceptors (Lipinski definition) is 4. The van der Waals surface area contributed by atoms with Crippen molar-refractivity contribution in [3.8, 4) is 0 Å². The lowest BCUT2D eigenvalue weighted by molar-refractivity contribution is 0.0735. The Balaban J connectivity index is 2.35. The molecule has 1 saturated carbocycles.